The van der Waals surface area contributed by atoms with Crippen LogP contribution in [0.1, 0.15) is 43.6 Å². The van der Waals surface area contributed by atoms with Gasteiger partial charge >= 0.3 is 0 Å². The van der Waals surface area contributed by atoms with E-state index in [1.54, 1.807) is 0 Å². The summed E-state index contributed by atoms with van der Waals surface area (Å²) in [4.78, 5) is 2.62. The van der Waals surface area contributed by atoms with Gasteiger partial charge in [-0.1, -0.05) is 30.3 Å². The quantitative estimate of drug-likeness (QED) is 0.915. The van der Waals surface area contributed by atoms with Crippen molar-refractivity contribution in [3.63, 3.8) is 0 Å². The van der Waals surface area contributed by atoms with Gasteiger partial charge in [0.1, 0.15) is 0 Å². The summed E-state index contributed by atoms with van der Waals surface area (Å²) in [6.07, 6.45) is 6.79. The zero-order valence-corrected chi connectivity index (χ0v) is 12.4. The van der Waals surface area contributed by atoms with Gasteiger partial charge in [0.2, 0.25) is 0 Å². The van der Waals surface area contributed by atoms with Crippen molar-refractivity contribution in [3.05, 3.63) is 35.9 Å². The molecule has 108 valence electrons. The third-order valence-electron chi connectivity index (χ3n) is 6.24. The molecule has 3 fully saturated rings. The van der Waals surface area contributed by atoms with Crippen LogP contribution >= 0.6 is 0 Å². The van der Waals surface area contributed by atoms with Crippen molar-refractivity contribution in [2.45, 2.75) is 56.1 Å². The van der Waals surface area contributed by atoms with Gasteiger partial charge in [0.15, 0.2) is 0 Å². The fourth-order valence-corrected chi connectivity index (χ4v) is 4.84. The second-order valence-corrected chi connectivity index (χ2v) is 7.28. The maximum absolute atomic E-state index is 6.66. The second-order valence-electron chi connectivity index (χ2n) is 7.28. The summed E-state index contributed by atoms with van der Waals surface area (Å²) in [7, 11) is 2.31. The highest BCUT2D eigenvalue weighted by molar-refractivity contribution is 5.27. The molecule has 2 saturated heterocycles. The summed E-state index contributed by atoms with van der Waals surface area (Å²) in [5.74, 6) is 2.25. The molecule has 5 unspecified atom stereocenters. The molecule has 0 amide bonds. The molecule has 3 aliphatic rings. The van der Waals surface area contributed by atoms with E-state index in [0.717, 1.165) is 29.8 Å². The van der Waals surface area contributed by atoms with Crippen LogP contribution in [0.2, 0.25) is 0 Å². The molecule has 2 heterocycles. The van der Waals surface area contributed by atoms with E-state index in [1.165, 1.54) is 37.7 Å². The normalized spacial score (nSPS) is 41.6. The smallest absolute Gasteiger partial charge is 0.0103 e. The molecule has 2 nitrogen and oxygen atoms in total. The average Bonchev–Trinajstić information content (AvgIpc) is 3.25. The highest BCUT2D eigenvalue weighted by Crippen LogP contribution is 2.52. The van der Waals surface area contributed by atoms with Gasteiger partial charge in [0.25, 0.3) is 0 Å². The molecule has 1 aliphatic carbocycles. The predicted molar refractivity (Wildman–Crippen MR) is 82.6 cm³/mol. The molecule has 2 heteroatoms. The molecule has 0 aromatic heterocycles. The molecule has 0 spiro atoms. The summed E-state index contributed by atoms with van der Waals surface area (Å²) in [5.41, 5.74) is 8.16. The average molecular weight is 270 g/mol. The van der Waals surface area contributed by atoms with E-state index in [-0.39, 0.29) is 0 Å². The Labute approximate surface area is 122 Å². The maximum atomic E-state index is 6.66. The first-order valence-corrected chi connectivity index (χ1v) is 8.26. The molecule has 4 rings (SSSR count). The van der Waals surface area contributed by atoms with Gasteiger partial charge in [-0.2, -0.15) is 0 Å². The maximum Gasteiger partial charge on any atom is 0.0103 e. The van der Waals surface area contributed by atoms with Crippen molar-refractivity contribution in [2.75, 3.05) is 7.05 Å². The zero-order valence-electron chi connectivity index (χ0n) is 12.4. The SMILES string of the molecule is CN1C2CCC1CC(C(N)C1CC1c1ccccc1)C2. The Morgan fingerprint density at radius 2 is 1.70 bits per heavy atom. The Balaban J connectivity index is 1.41. The van der Waals surface area contributed by atoms with Gasteiger partial charge in [-0.25, -0.2) is 0 Å². The molecule has 1 saturated carbocycles. The molecule has 20 heavy (non-hydrogen) atoms. The van der Waals surface area contributed by atoms with Crippen molar-refractivity contribution >= 4 is 0 Å². The first kappa shape index (κ1) is 12.8. The molecule has 5 atom stereocenters. The Morgan fingerprint density at radius 1 is 1.05 bits per heavy atom. The van der Waals surface area contributed by atoms with Gasteiger partial charge in [-0.15, -0.1) is 0 Å². The van der Waals surface area contributed by atoms with Crippen molar-refractivity contribution in [1.29, 1.82) is 0 Å². The number of nitrogens with zero attached hydrogens (tertiary/aromatic N) is 1. The van der Waals surface area contributed by atoms with Gasteiger partial charge in [0.05, 0.1) is 0 Å². The number of benzene rings is 1. The van der Waals surface area contributed by atoms with Crippen LogP contribution < -0.4 is 5.73 Å². The highest BCUT2D eigenvalue weighted by Gasteiger charge is 2.48. The lowest BCUT2D eigenvalue weighted by Gasteiger charge is -2.39. The summed E-state index contributed by atoms with van der Waals surface area (Å²) in [6, 6.07) is 13.0. The van der Waals surface area contributed by atoms with Gasteiger partial charge < -0.3 is 10.6 Å². The van der Waals surface area contributed by atoms with Crippen LogP contribution in [0, 0.1) is 11.8 Å². The Hall–Kier alpha value is -0.860. The summed E-state index contributed by atoms with van der Waals surface area (Å²) < 4.78 is 0. The van der Waals surface area contributed by atoms with Gasteiger partial charge in [-0.05, 0) is 62.5 Å². The van der Waals surface area contributed by atoms with Gasteiger partial charge in [0, 0.05) is 18.1 Å². The van der Waals surface area contributed by atoms with E-state index < -0.39 is 0 Å². The summed E-state index contributed by atoms with van der Waals surface area (Å²) in [6.45, 7) is 0. The minimum atomic E-state index is 0.428. The first-order valence-electron chi connectivity index (χ1n) is 8.26. The molecular weight excluding hydrogens is 244 g/mol. The molecule has 2 bridgehead atoms. The van der Waals surface area contributed by atoms with Crippen molar-refractivity contribution in [2.24, 2.45) is 17.6 Å². The van der Waals surface area contributed by atoms with Crippen LogP contribution in [0.15, 0.2) is 30.3 Å². The van der Waals surface area contributed by atoms with Crippen molar-refractivity contribution in [1.82, 2.24) is 4.90 Å². The Bertz CT molecular complexity index is 458. The molecule has 1 aromatic carbocycles. The minimum Gasteiger partial charge on any atom is -0.327 e. The molecule has 0 radical (unpaired) electrons. The van der Waals surface area contributed by atoms with E-state index in [9.17, 15) is 0 Å². The van der Waals surface area contributed by atoms with Crippen LogP contribution in [0.25, 0.3) is 0 Å². The molecular formula is C18H26N2. The second kappa shape index (κ2) is 4.85. The van der Waals surface area contributed by atoms with Crippen LogP contribution in [0.5, 0.6) is 0 Å². The minimum absolute atomic E-state index is 0.428. The van der Waals surface area contributed by atoms with Crippen LogP contribution in [-0.2, 0) is 0 Å². The lowest BCUT2D eigenvalue weighted by Crippen LogP contribution is -2.46. The van der Waals surface area contributed by atoms with Gasteiger partial charge in [-0.3, -0.25) is 0 Å². The Morgan fingerprint density at radius 3 is 2.35 bits per heavy atom. The topological polar surface area (TPSA) is 29.3 Å². The third-order valence-corrected chi connectivity index (χ3v) is 6.24. The van der Waals surface area contributed by atoms with Crippen molar-refractivity contribution in [3.8, 4) is 0 Å². The predicted octanol–water partition coefficient (Wildman–Crippen LogP) is 2.99. The van der Waals surface area contributed by atoms with Crippen LogP contribution in [0.4, 0.5) is 0 Å². The van der Waals surface area contributed by atoms with E-state index in [0.29, 0.717) is 6.04 Å². The van der Waals surface area contributed by atoms with E-state index >= 15 is 0 Å². The monoisotopic (exact) mass is 270 g/mol. The fourth-order valence-electron chi connectivity index (χ4n) is 4.84. The van der Waals surface area contributed by atoms with Crippen LogP contribution in [-0.4, -0.2) is 30.1 Å². The number of piperidine rings is 1. The number of rotatable bonds is 3. The van der Waals surface area contributed by atoms with E-state index in [1.807, 2.05) is 0 Å². The lowest BCUT2D eigenvalue weighted by atomic mass is 9.83. The summed E-state index contributed by atoms with van der Waals surface area (Å²) in [5, 5.41) is 0. The number of fused-ring (bicyclic) bond motifs is 2. The number of hydrogen-bond donors (Lipinski definition) is 1. The first-order chi connectivity index (χ1) is 9.74. The van der Waals surface area contributed by atoms with Crippen molar-refractivity contribution < 1.29 is 0 Å². The molecule has 2 aliphatic heterocycles. The number of nitrogens with two attached hydrogens (primary N) is 1. The standard InChI is InChI=1S/C18H26N2/c1-20-14-7-8-15(20)10-13(9-14)18(19)17-11-16(17)12-5-3-2-4-6-12/h2-6,13-18H,7-11,19H2,1H3. The number of hydrogen-bond acceptors (Lipinski definition) is 2. The fraction of sp³-hybridized carbons (Fsp3) is 0.667. The molecule has 2 N–H and O–H groups in total. The Kier molecular flexibility index (Phi) is 3.12. The third kappa shape index (κ3) is 2.10. The summed E-state index contributed by atoms with van der Waals surface area (Å²) >= 11 is 0. The van der Waals surface area contributed by atoms with E-state index in [4.69, 9.17) is 5.73 Å². The van der Waals surface area contributed by atoms with E-state index in [2.05, 4.69) is 42.3 Å². The van der Waals surface area contributed by atoms with Crippen LogP contribution in [0.3, 0.4) is 0 Å². The molecule has 1 aromatic rings. The lowest BCUT2D eigenvalue weighted by molar-refractivity contribution is 0.116. The largest absolute Gasteiger partial charge is 0.327 e. The zero-order chi connectivity index (χ0) is 13.7. The highest BCUT2D eigenvalue weighted by atomic mass is 15.2.